The number of nitrogens with one attached hydrogen (secondary N) is 1. The van der Waals surface area contributed by atoms with Gasteiger partial charge < -0.3 is 14.9 Å². The largest absolute Gasteiger partial charge is 0.497 e. The van der Waals surface area contributed by atoms with Gasteiger partial charge in [0.05, 0.1) is 18.6 Å². The maximum Gasteiger partial charge on any atom is 0.327 e. The first kappa shape index (κ1) is 25.4. The summed E-state index contributed by atoms with van der Waals surface area (Å²) in [4.78, 5) is 26.9. The number of ether oxygens (including phenoxy) is 1. The predicted molar refractivity (Wildman–Crippen MR) is 136 cm³/mol. The molecule has 1 aliphatic heterocycles. The number of nitrogens with zero attached hydrogens (tertiary/aromatic N) is 1. The maximum absolute atomic E-state index is 13.5. The third-order valence-corrected chi connectivity index (χ3v) is 7.05. The molecule has 1 aliphatic rings. The fraction of sp³-hybridized carbons (Fsp3) is 0.310. The second kappa shape index (κ2) is 10.1. The molecule has 0 aliphatic carbocycles. The van der Waals surface area contributed by atoms with Crippen molar-refractivity contribution in [3.05, 3.63) is 102 Å². The minimum absolute atomic E-state index is 0.336. The van der Waals surface area contributed by atoms with E-state index in [9.17, 15) is 19.8 Å². The van der Waals surface area contributed by atoms with E-state index in [-0.39, 0.29) is 0 Å². The van der Waals surface area contributed by atoms with E-state index < -0.39 is 35.2 Å². The number of carbonyl (C=O) groups is 2. The summed E-state index contributed by atoms with van der Waals surface area (Å²) in [7, 11) is 1.59. The van der Waals surface area contributed by atoms with Crippen molar-refractivity contribution in [2.45, 2.75) is 44.6 Å². The van der Waals surface area contributed by atoms with E-state index in [1.165, 1.54) is 6.92 Å². The van der Waals surface area contributed by atoms with Gasteiger partial charge in [-0.25, -0.2) is 4.79 Å². The summed E-state index contributed by atoms with van der Waals surface area (Å²) in [6.07, 6.45) is 0.860. The van der Waals surface area contributed by atoms with Gasteiger partial charge in [-0.1, -0.05) is 72.8 Å². The number of benzene rings is 3. The van der Waals surface area contributed by atoms with Crippen LogP contribution in [-0.2, 0) is 16.0 Å². The second-order valence-electron chi connectivity index (χ2n) is 9.60. The van der Waals surface area contributed by atoms with Crippen LogP contribution in [0.25, 0.3) is 0 Å². The molecule has 4 rings (SSSR count). The molecule has 188 valence electrons. The normalized spacial score (nSPS) is 21.1. The van der Waals surface area contributed by atoms with E-state index in [4.69, 9.17) is 4.74 Å². The monoisotopic (exact) mass is 488 g/mol. The van der Waals surface area contributed by atoms with E-state index in [1.807, 2.05) is 84.9 Å². The topological polar surface area (TPSA) is 99.1 Å². The quantitative estimate of drug-likeness (QED) is 0.295. The average molecular weight is 489 g/mol. The van der Waals surface area contributed by atoms with Crippen molar-refractivity contribution in [2.75, 3.05) is 7.11 Å². The van der Waals surface area contributed by atoms with Gasteiger partial charge in [-0.3, -0.25) is 15.0 Å². The van der Waals surface area contributed by atoms with Crippen LogP contribution in [0.4, 0.5) is 0 Å². The molecule has 0 aromatic heterocycles. The average Bonchev–Trinajstić information content (AvgIpc) is 2.89. The standard InChI is InChI=1S/C29H32N2O5/c1-28(19-18-20-14-16-23(36-3)17-15-20)25(26(32)33)31(27(28)34)29(2,35)30-24(21-10-6-4-7-11-21)22-12-8-5-9-13-22/h4-17,24-25,30,35H,18-19H2,1-3H3,(H,32,33). The number of aliphatic carboxylic acids is 1. The van der Waals surface area contributed by atoms with Crippen molar-refractivity contribution < 1.29 is 24.5 Å². The Morgan fingerprint density at radius 3 is 2.03 bits per heavy atom. The summed E-state index contributed by atoms with van der Waals surface area (Å²) in [5.41, 5.74) is 1.59. The van der Waals surface area contributed by atoms with Gasteiger partial charge in [-0.05, 0) is 55.5 Å². The molecule has 3 unspecified atom stereocenters. The number of hydrogen-bond donors (Lipinski definition) is 3. The first-order chi connectivity index (χ1) is 17.2. The number of carbonyl (C=O) groups excluding carboxylic acids is 1. The molecule has 3 aromatic rings. The lowest BCUT2D eigenvalue weighted by Gasteiger charge is -2.58. The lowest BCUT2D eigenvalue weighted by molar-refractivity contribution is -0.230. The smallest absolute Gasteiger partial charge is 0.327 e. The van der Waals surface area contributed by atoms with Gasteiger partial charge in [0.2, 0.25) is 5.91 Å². The number of rotatable bonds is 10. The van der Waals surface area contributed by atoms with Gasteiger partial charge in [-0.2, -0.15) is 0 Å². The molecule has 1 saturated heterocycles. The van der Waals surface area contributed by atoms with Gasteiger partial charge in [0.25, 0.3) is 0 Å². The molecule has 1 fully saturated rings. The first-order valence-electron chi connectivity index (χ1n) is 12.0. The van der Waals surface area contributed by atoms with Crippen LogP contribution in [0.3, 0.4) is 0 Å². The highest BCUT2D eigenvalue weighted by Crippen LogP contribution is 2.46. The number of aryl methyl sites for hydroxylation is 1. The summed E-state index contributed by atoms with van der Waals surface area (Å²) in [6.45, 7) is 3.10. The molecule has 7 nitrogen and oxygen atoms in total. The molecule has 36 heavy (non-hydrogen) atoms. The third-order valence-electron chi connectivity index (χ3n) is 7.05. The molecule has 0 saturated carbocycles. The predicted octanol–water partition coefficient (Wildman–Crippen LogP) is 3.97. The number of methoxy groups -OCH3 is 1. The SMILES string of the molecule is COc1ccc(CCC2(C)C(=O)N(C(C)(O)NC(c3ccccc3)c3ccccc3)C2C(=O)O)cc1. The van der Waals surface area contributed by atoms with Crippen LogP contribution in [0.5, 0.6) is 5.75 Å². The second-order valence-corrected chi connectivity index (χ2v) is 9.60. The fourth-order valence-electron chi connectivity index (χ4n) is 4.99. The summed E-state index contributed by atoms with van der Waals surface area (Å²) < 4.78 is 5.19. The Hall–Kier alpha value is -3.68. The Balaban J connectivity index is 1.57. The zero-order chi connectivity index (χ0) is 25.9. The molecular weight excluding hydrogens is 456 g/mol. The van der Waals surface area contributed by atoms with E-state index in [2.05, 4.69) is 5.32 Å². The minimum Gasteiger partial charge on any atom is -0.497 e. The minimum atomic E-state index is -1.91. The molecule has 3 atom stereocenters. The Bertz CT molecular complexity index is 1160. The van der Waals surface area contributed by atoms with Gasteiger partial charge in [0, 0.05) is 0 Å². The molecule has 0 radical (unpaired) electrons. The van der Waals surface area contributed by atoms with E-state index in [0.29, 0.717) is 12.8 Å². The number of amides is 1. The van der Waals surface area contributed by atoms with Crippen LogP contribution in [0.1, 0.15) is 43.0 Å². The van der Waals surface area contributed by atoms with E-state index in [0.717, 1.165) is 27.3 Å². The number of hydrogen-bond acceptors (Lipinski definition) is 5. The van der Waals surface area contributed by atoms with Gasteiger partial charge in [0.15, 0.2) is 5.85 Å². The molecule has 1 heterocycles. The molecular formula is C29H32N2O5. The fourth-order valence-corrected chi connectivity index (χ4v) is 4.99. The lowest BCUT2D eigenvalue weighted by atomic mass is 9.68. The first-order valence-corrected chi connectivity index (χ1v) is 12.0. The van der Waals surface area contributed by atoms with Crippen molar-refractivity contribution in [1.82, 2.24) is 10.2 Å². The third kappa shape index (κ3) is 4.85. The number of likely N-dealkylation sites (tertiary alicyclic amines) is 1. The number of aliphatic hydroxyl groups is 1. The highest BCUT2D eigenvalue weighted by Gasteiger charge is 2.65. The van der Waals surface area contributed by atoms with Crippen LogP contribution in [-0.4, -0.2) is 46.0 Å². The maximum atomic E-state index is 13.5. The lowest BCUT2D eigenvalue weighted by Crippen LogP contribution is -2.79. The Labute approximate surface area is 211 Å². The summed E-state index contributed by atoms with van der Waals surface area (Å²) in [5.74, 6) is -2.73. The molecule has 7 heteroatoms. The molecule has 0 bridgehead atoms. The Morgan fingerprint density at radius 2 is 1.56 bits per heavy atom. The van der Waals surface area contributed by atoms with Crippen molar-refractivity contribution in [3.63, 3.8) is 0 Å². The Morgan fingerprint density at radius 1 is 1.03 bits per heavy atom. The summed E-state index contributed by atoms with van der Waals surface area (Å²) in [6, 6.07) is 24.9. The van der Waals surface area contributed by atoms with Crippen LogP contribution >= 0.6 is 0 Å². The van der Waals surface area contributed by atoms with Crippen molar-refractivity contribution >= 4 is 11.9 Å². The van der Waals surface area contributed by atoms with Crippen molar-refractivity contribution in [2.24, 2.45) is 5.41 Å². The number of carboxylic acid groups (broad SMARTS) is 1. The highest BCUT2D eigenvalue weighted by atomic mass is 16.5. The zero-order valence-electron chi connectivity index (χ0n) is 20.7. The van der Waals surface area contributed by atoms with Gasteiger partial charge in [0.1, 0.15) is 11.8 Å². The van der Waals surface area contributed by atoms with Crippen LogP contribution in [0.15, 0.2) is 84.9 Å². The van der Waals surface area contributed by atoms with E-state index >= 15 is 0 Å². The van der Waals surface area contributed by atoms with Gasteiger partial charge >= 0.3 is 5.97 Å². The highest BCUT2D eigenvalue weighted by molar-refractivity contribution is 6.00. The van der Waals surface area contributed by atoms with Crippen LogP contribution < -0.4 is 10.1 Å². The van der Waals surface area contributed by atoms with Crippen molar-refractivity contribution in [1.29, 1.82) is 0 Å². The molecule has 3 aromatic carbocycles. The number of β-lactam (4-membered cyclic amide) rings is 1. The van der Waals surface area contributed by atoms with Crippen molar-refractivity contribution in [3.8, 4) is 5.75 Å². The molecule has 0 spiro atoms. The Kier molecular flexibility index (Phi) is 7.15. The van der Waals surface area contributed by atoms with Gasteiger partial charge in [-0.15, -0.1) is 0 Å². The summed E-state index contributed by atoms with van der Waals surface area (Å²) >= 11 is 0. The molecule has 3 N–H and O–H groups in total. The van der Waals surface area contributed by atoms with Crippen LogP contribution in [0.2, 0.25) is 0 Å². The summed E-state index contributed by atoms with van der Waals surface area (Å²) in [5, 5.41) is 24.8. The number of carboxylic acids is 1. The van der Waals surface area contributed by atoms with E-state index in [1.54, 1.807) is 14.0 Å². The molecule has 1 amide bonds. The zero-order valence-corrected chi connectivity index (χ0v) is 20.7. The van der Waals surface area contributed by atoms with Crippen LogP contribution in [0, 0.1) is 5.41 Å².